The molecule has 2 aromatic heterocycles. The van der Waals surface area contributed by atoms with E-state index in [4.69, 9.17) is 9.97 Å². The van der Waals surface area contributed by atoms with Crippen LogP contribution in [0.4, 0.5) is 0 Å². The van der Waals surface area contributed by atoms with Gasteiger partial charge in [-0.3, -0.25) is 9.97 Å². The van der Waals surface area contributed by atoms with Gasteiger partial charge in [-0.2, -0.15) is 0 Å². The van der Waals surface area contributed by atoms with E-state index in [9.17, 15) is 0 Å². The van der Waals surface area contributed by atoms with Crippen molar-refractivity contribution in [2.75, 3.05) is 0 Å². The average Bonchev–Trinajstić information content (AvgIpc) is 2.92. The number of fused-ring (bicyclic) bond motifs is 2. The molecule has 2 heterocycles. The zero-order valence-corrected chi connectivity index (χ0v) is 18.6. The van der Waals surface area contributed by atoms with Crippen molar-refractivity contribution in [2.24, 2.45) is 0 Å². The molecule has 4 aromatic carbocycles. The molecule has 160 valence electrons. The van der Waals surface area contributed by atoms with Gasteiger partial charge in [0.05, 0.1) is 11.4 Å². The first-order chi connectivity index (χ1) is 16.8. The summed E-state index contributed by atoms with van der Waals surface area (Å²) in [4.78, 5) is 9.39. The highest BCUT2D eigenvalue weighted by Crippen LogP contribution is 2.32. The SMILES string of the molecule is C=C(c1cccc(-c2nccc3ccccc23)c1)c1cccc(-c2nccc3ccccc23)c1. The Bertz CT molecular complexity index is 1540. The van der Waals surface area contributed by atoms with Crippen LogP contribution in [0.2, 0.25) is 0 Å². The van der Waals surface area contributed by atoms with Crippen LogP contribution >= 0.6 is 0 Å². The van der Waals surface area contributed by atoms with Gasteiger partial charge >= 0.3 is 0 Å². The lowest BCUT2D eigenvalue weighted by Gasteiger charge is -2.12. The lowest BCUT2D eigenvalue weighted by Crippen LogP contribution is -1.91. The summed E-state index contributed by atoms with van der Waals surface area (Å²) in [6.45, 7) is 4.45. The Balaban J connectivity index is 1.40. The van der Waals surface area contributed by atoms with E-state index >= 15 is 0 Å². The highest BCUT2D eigenvalue weighted by atomic mass is 14.7. The molecule has 0 aliphatic carbocycles. The number of nitrogens with zero attached hydrogens (tertiary/aromatic N) is 2. The molecule has 0 aliphatic heterocycles. The van der Waals surface area contributed by atoms with Crippen molar-refractivity contribution in [1.29, 1.82) is 0 Å². The van der Waals surface area contributed by atoms with Crippen LogP contribution < -0.4 is 0 Å². The van der Waals surface area contributed by atoms with Crippen LogP contribution in [0.25, 0.3) is 49.6 Å². The van der Waals surface area contributed by atoms with Crippen molar-refractivity contribution in [3.63, 3.8) is 0 Å². The van der Waals surface area contributed by atoms with E-state index in [1.54, 1.807) is 0 Å². The largest absolute Gasteiger partial charge is 0.256 e. The van der Waals surface area contributed by atoms with E-state index < -0.39 is 0 Å². The molecule has 6 aromatic rings. The van der Waals surface area contributed by atoms with Crippen molar-refractivity contribution < 1.29 is 0 Å². The maximum atomic E-state index is 4.70. The summed E-state index contributed by atoms with van der Waals surface area (Å²) in [6.07, 6.45) is 3.75. The Kier molecular flexibility index (Phi) is 4.97. The fourth-order valence-corrected chi connectivity index (χ4v) is 4.57. The van der Waals surface area contributed by atoms with Gasteiger partial charge in [-0.25, -0.2) is 0 Å². The van der Waals surface area contributed by atoms with Crippen molar-refractivity contribution in [2.45, 2.75) is 0 Å². The number of aromatic nitrogens is 2. The summed E-state index contributed by atoms with van der Waals surface area (Å²) in [7, 11) is 0. The van der Waals surface area contributed by atoms with Crippen molar-refractivity contribution in [3.8, 4) is 22.5 Å². The predicted octanol–water partition coefficient (Wildman–Crippen LogP) is 8.18. The fourth-order valence-electron chi connectivity index (χ4n) is 4.57. The normalized spacial score (nSPS) is 11.1. The summed E-state index contributed by atoms with van der Waals surface area (Å²) in [5.41, 5.74) is 7.28. The van der Waals surface area contributed by atoms with Gasteiger partial charge in [-0.1, -0.05) is 91.5 Å². The van der Waals surface area contributed by atoms with E-state index in [-0.39, 0.29) is 0 Å². The van der Waals surface area contributed by atoms with Crippen LogP contribution in [0.5, 0.6) is 0 Å². The van der Waals surface area contributed by atoms with Gasteiger partial charge in [-0.15, -0.1) is 0 Å². The van der Waals surface area contributed by atoms with Crippen LogP contribution in [-0.4, -0.2) is 9.97 Å². The van der Waals surface area contributed by atoms with E-state index in [0.29, 0.717) is 0 Å². The van der Waals surface area contributed by atoms with Crippen LogP contribution in [0.1, 0.15) is 11.1 Å². The third-order valence-electron chi connectivity index (χ3n) is 6.32. The molecule has 0 atom stereocenters. The van der Waals surface area contributed by atoms with Crippen LogP contribution in [0.15, 0.2) is 128 Å². The molecule has 0 saturated carbocycles. The van der Waals surface area contributed by atoms with Gasteiger partial charge < -0.3 is 0 Å². The molecule has 2 nitrogen and oxygen atoms in total. The Morgan fingerprint density at radius 1 is 0.500 bits per heavy atom. The summed E-state index contributed by atoms with van der Waals surface area (Å²) < 4.78 is 0. The minimum absolute atomic E-state index is 0.976. The molecule has 0 bridgehead atoms. The van der Waals surface area contributed by atoms with Gasteiger partial charge in [0.25, 0.3) is 0 Å². The quantitative estimate of drug-likeness (QED) is 0.279. The standard InChI is InChI=1S/C32H22N2/c1-22(25-10-6-12-27(20-25)31-29-14-4-2-8-23(29)16-18-33-31)26-11-7-13-28(21-26)32-30-15-5-3-9-24(30)17-19-34-32/h2-21H,1H2. The smallest absolute Gasteiger partial charge is 0.0780 e. The Morgan fingerprint density at radius 3 is 1.47 bits per heavy atom. The zero-order valence-electron chi connectivity index (χ0n) is 18.6. The first-order valence-electron chi connectivity index (χ1n) is 11.4. The molecule has 0 unspecified atom stereocenters. The third kappa shape index (κ3) is 3.56. The maximum absolute atomic E-state index is 4.70. The predicted molar refractivity (Wildman–Crippen MR) is 142 cm³/mol. The van der Waals surface area contributed by atoms with Gasteiger partial charge in [0, 0.05) is 34.3 Å². The molecule has 6 rings (SSSR count). The number of hydrogen-bond acceptors (Lipinski definition) is 2. The molecule has 0 amide bonds. The van der Waals surface area contributed by atoms with Gasteiger partial charge in [0.1, 0.15) is 0 Å². The number of rotatable bonds is 4. The molecule has 0 fully saturated rings. The molecular formula is C32H22N2. The van der Waals surface area contributed by atoms with E-state index in [1.165, 1.54) is 10.8 Å². The first kappa shape index (κ1) is 20.1. The van der Waals surface area contributed by atoms with Crippen molar-refractivity contribution in [1.82, 2.24) is 9.97 Å². The zero-order chi connectivity index (χ0) is 22.9. The molecule has 0 radical (unpaired) electrons. The summed E-state index contributed by atoms with van der Waals surface area (Å²) in [6, 6.07) is 37.8. The molecule has 0 spiro atoms. The van der Waals surface area contributed by atoms with Gasteiger partial charge in [-0.05, 0) is 51.7 Å². The number of hydrogen-bond donors (Lipinski definition) is 0. The first-order valence-corrected chi connectivity index (χ1v) is 11.4. The highest BCUT2D eigenvalue weighted by Gasteiger charge is 2.11. The molecule has 0 aliphatic rings. The fraction of sp³-hybridized carbons (Fsp3) is 0. The lowest BCUT2D eigenvalue weighted by molar-refractivity contribution is 1.35. The summed E-state index contributed by atoms with van der Waals surface area (Å²) >= 11 is 0. The van der Waals surface area contributed by atoms with Crippen LogP contribution in [0.3, 0.4) is 0 Å². The van der Waals surface area contributed by atoms with Crippen molar-refractivity contribution in [3.05, 3.63) is 139 Å². The van der Waals surface area contributed by atoms with E-state index in [0.717, 1.165) is 50.0 Å². The van der Waals surface area contributed by atoms with E-state index in [1.807, 2.05) is 12.4 Å². The molecular weight excluding hydrogens is 412 g/mol. The minimum atomic E-state index is 0.976. The monoisotopic (exact) mass is 434 g/mol. The lowest BCUT2D eigenvalue weighted by atomic mass is 9.94. The van der Waals surface area contributed by atoms with Crippen LogP contribution in [0, 0.1) is 0 Å². The summed E-state index contributed by atoms with van der Waals surface area (Å²) in [5.74, 6) is 0. The van der Waals surface area contributed by atoms with Gasteiger partial charge in [0.15, 0.2) is 0 Å². The second-order valence-electron chi connectivity index (χ2n) is 8.40. The van der Waals surface area contributed by atoms with Gasteiger partial charge in [0.2, 0.25) is 0 Å². The Morgan fingerprint density at radius 2 is 0.971 bits per heavy atom. The minimum Gasteiger partial charge on any atom is -0.256 e. The molecule has 2 heteroatoms. The Hall–Kier alpha value is -4.56. The molecule has 0 N–H and O–H groups in total. The molecule has 34 heavy (non-hydrogen) atoms. The summed E-state index contributed by atoms with van der Waals surface area (Å²) in [5, 5.41) is 4.67. The van der Waals surface area contributed by atoms with E-state index in [2.05, 4.69) is 116 Å². The number of pyridine rings is 2. The molecule has 0 saturated heterocycles. The second kappa shape index (κ2) is 8.42. The highest BCUT2D eigenvalue weighted by molar-refractivity contribution is 5.96. The topological polar surface area (TPSA) is 25.8 Å². The third-order valence-corrected chi connectivity index (χ3v) is 6.32. The second-order valence-corrected chi connectivity index (χ2v) is 8.40. The Labute approximate surface area is 198 Å². The number of benzene rings is 4. The van der Waals surface area contributed by atoms with Crippen LogP contribution in [-0.2, 0) is 0 Å². The average molecular weight is 435 g/mol. The maximum Gasteiger partial charge on any atom is 0.0780 e. The van der Waals surface area contributed by atoms with Crippen molar-refractivity contribution >= 4 is 27.1 Å².